The molecular weight excluding hydrogens is 271 g/mol. The van der Waals surface area contributed by atoms with E-state index < -0.39 is 0 Å². The molecule has 0 spiro atoms. The van der Waals surface area contributed by atoms with Crippen molar-refractivity contribution in [1.82, 2.24) is 10.3 Å². The molecule has 0 aliphatic heterocycles. The molecule has 94 valence electrons. The van der Waals surface area contributed by atoms with Gasteiger partial charge in [-0.15, -0.1) is 0 Å². The van der Waals surface area contributed by atoms with Gasteiger partial charge in [-0.25, -0.2) is 0 Å². The summed E-state index contributed by atoms with van der Waals surface area (Å²) in [6, 6.07) is 3.77. The van der Waals surface area contributed by atoms with Gasteiger partial charge in [-0.05, 0) is 31.9 Å². The number of carbonyl (C=O) groups is 1. The van der Waals surface area contributed by atoms with Crippen LogP contribution in [0.4, 0.5) is 0 Å². The van der Waals surface area contributed by atoms with Crippen LogP contribution < -0.4 is 5.32 Å². The number of aromatic nitrogens is 1. The van der Waals surface area contributed by atoms with Gasteiger partial charge in [-0.2, -0.15) is 0 Å². The zero-order chi connectivity index (χ0) is 12.9. The van der Waals surface area contributed by atoms with E-state index in [4.69, 9.17) is 23.2 Å². The quantitative estimate of drug-likeness (QED) is 0.867. The Bertz CT molecular complexity index is 644. The summed E-state index contributed by atoms with van der Waals surface area (Å²) in [5.74, 6) is -0.0559. The summed E-state index contributed by atoms with van der Waals surface area (Å²) >= 11 is 12.1. The molecule has 3 rings (SSSR count). The zero-order valence-corrected chi connectivity index (χ0v) is 11.3. The maximum absolute atomic E-state index is 12.2. The highest BCUT2D eigenvalue weighted by atomic mass is 35.5. The molecule has 1 saturated carbocycles. The number of aryl methyl sites for hydroxylation is 1. The highest BCUT2D eigenvalue weighted by Gasteiger charge is 2.26. The van der Waals surface area contributed by atoms with E-state index in [1.54, 1.807) is 12.1 Å². The third kappa shape index (κ3) is 1.98. The highest BCUT2D eigenvalue weighted by molar-refractivity contribution is 6.39. The van der Waals surface area contributed by atoms with Crippen LogP contribution in [0.5, 0.6) is 0 Å². The molecular formula is C13H12Cl2N2O. The number of H-pyrrole nitrogens is 1. The van der Waals surface area contributed by atoms with Crippen LogP contribution in [-0.4, -0.2) is 16.9 Å². The number of fused-ring (bicyclic) bond motifs is 1. The average Bonchev–Trinajstić information content (AvgIpc) is 3.01. The topological polar surface area (TPSA) is 44.9 Å². The van der Waals surface area contributed by atoms with Crippen molar-refractivity contribution in [3.8, 4) is 0 Å². The van der Waals surface area contributed by atoms with Gasteiger partial charge in [0, 0.05) is 22.1 Å². The normalized spacial score (nSPS) is 15.1. The minimum atomic E-state index is -0.0559. The number of rotatable bonds is 2. The lowest BCUT2D eigenvalue weighted by atomic mass is 10.1. The first-order chi connectivity index (χ1) is 8.56. The van der Waals surface area contributed by atoms with E-state index in [-0.39, 0.29) is 5.91 Å². The van der Waals surface area contributed by atoms with E-state index >= 15 is 0 Å². The Kier molecular flexibility index (Phi) is 2.76. The number of hydrogen-bond donors (Lipinski definition) is 2. The first-order valence-corrected chi connectivity index (χ1v) is 6.60. The summed E-state index contributed by atoms with van der Waals surface area (Å²) in [5, 5.41) is 4.83. The van der Waals surface area contributed by atoms with Crippen LogP contribution >= 0.6 is 23.2 Å². The van der Waals surface area contributed by atoms with E-state index in [2.05, 4.69) is 10.3 Å². The SMILES string of the molecule is Cc1[nH]c2c(Cl)cc(Cl)cc2c1C(=O)NC1CC1. The lowest BCUT2D eigenvalue weighted by Gasteiger charge is -2.03. The molecule has 1 fully saturated rings. The fourth-order valence-electron chi connectivity index (χ4n) is 2.13. The summed E-state index contributed by atoms with van der Waals surface area (Å²) in [4.78, 5) is 15.3. The predicted molar refractivity (Wildman–Crippen MR) is 73.5 cm³/mol. The number of benzene rings is 1. The Labute approximate surface area is 114 Å². The molecule has 1 aromatic carbocycles. The maximum atomic E-state index is 12.2. The van der Waals surface area contributed by atoms with Crippen LogP contribution in [0.25, 0.3) is 10.9 Å². The third-order valence-corrected chi connectivity index (χ3v) is 3.67. The number of aromatic amines is 1. The number of nitrogens with one attached hydrogen (secondary N) is 2. The van der Waals surface area contributed by atoms with Gasteiger partial charge < -0.3 is 10.3 Å². The molecule has 1 aliphatic carbocycles. The summed E-state index contributed by atoms with van der Waals surface area (Å²) < 4.78 is 0. The van der Waals surface area contributed by atoms with Crippen molar-refractivity contribution in [3.05, 3.63) is 33.4 Å². The first kappa shape index (κ1) is 11.9. The number of halogens is 2. The van der Waals surface area contributed by atoms with E-state index in [1.807, 2.05) is 6.92 Å². The minimum Gasteiger partial charge on any atom is -0.357 e. The molecule has 0 saturated heterocycles. The number of carbonyl (C=O) groups excluding carboxylic acids is 1. The van der Waals surface area contributed by atoms with Crippen LogP contribution in [0.2, 0.25) is 10.0 Å². The Hall–Kier alpha value is -1.19. The molecule has 0 unspecified atom stereocenters. The van der Waals surface area contributed by atoms with Crippen LogP contribution in [0.15, 0.2) is 12.1 Å². The Morgan fingerprint density at radius 1 is 1.39 bits per heavy atom. The fraction of sp³-hybridized carbons (Fsp3) is 0.308. The fourth-order valence-corrected chi connectivity index (χ4v) is 2.67. The standard InChI is InChI=1S/C13H12Cl2N2O/c1-6-11(13(18)17-8-2-3-8)9-4-7(14)5-10(15)12(9)16-6/h4-5,8,16H,2-3H2,1H3,(H,17,18). The minimum absolute atomic E-state index is 0.0559. The number of hydrogen-bond acceptors (Lipinski definition) is 1. The lowest BCUT2D eigenvalue weighted by Crippen LogP contribution is -2.25. The van der Waals surface area contributed by atoms with Gasteiger partial charge in [0.15, 0.2) is 0 Å². The van der Waals surface area contributed by atoms with Crippen molar-refractivity contribution in [2.75, 3.05) is 0 Å². The molecule has 0 bridgehead atoms. The van der Waals surface area contributed by atoms with E-state index in [0.717, 1.165) is 29.4 Å². The smallest absolute Gasteiger partial charge is 0.253 e. The Morgan fingerprint density at radius 2 is 2.11 bits per heavy atom. The van der Waals surface area contributed by atoms with Crippen LogP contribution in [0.3, 0.4) is 0 Å². The maximum Gasteiger partial charge on any atom is 0.253 e. The van der Waals surface area contributed by atoms with Crippen LogP contribution in [-0.2, 0) is 0 Å². The summed E-state index contributed by atoms with van der Waals surface area (Å²) in [5.41, 5.74) is 2.22. The van der Waals surface area contributed by atoms with E-state index in [9.17, 15) is 4.79 Å². The second-order valence-corrected chi connectivity index (χ2v) is 5.53. The van der Waals surface area contributed by atoms with Crippen molar-refractivity contribution < 1.29 is 4.79 Å². The molecule has 1 heterocycles. The second-order valence-electron chi connectivity index (χ2n) is 4.68. The van der Waals surface area contributed by atoms with Crippen LogP contribution in [0, 0.1) is 6.92 Å². The zero-order valence-electron chi connectivity index (χ0n) is 9.81. The first-order valence-electron chi connectivity index (χ1n) is 5.84. The Balaban J connectivity index is 2.14. The highest BCUT2D eigenvalue weighted by Crippen LogP contribution is 2.32. The Morgan fingerprint density at radius 3 is 2.78 bits per heavy atom. The van der Waals surface area contributed by atoms with Crippen molar-refractivity contribution in [3.63, 3.8) is 0 Å². The molecule has 5 heteroatoms. The van der Waals surface area contributed by atoms with Gasteiger partial charge >= 0.3 is 0 Å². The molecule has 1 aliphatic rings. The average molecular weight is 283 g/mol. The predicted octanol–water partition coefficient (Wildman–Crippen LogP) is 3.68. The molecule has 1 aromatic heterocycles. The molecule has 3 nitrogen and oxygen atoms in total. The molecule has 0 atom stereocenters. The van der Waals surface area contributed by atoms with Gasteiger partial charge in [0.2, 0.25) is 0 Å². The van der Waals surface area contributed by atoms with Gasteiger partial charge in [0.05, 0.1) is 16.1 Å². The summed E-state index contributed by atoms with van der Waals surface area (Å²) in [6.07, 6.45) is 2.13. The largest absolute Gasteiger partial charge is 0.357 e. The monoisotopic (exact) mass is 282 g/mol. The lowest BCUT2D eigenvalue weighted by molar-refractivity contribution is 0.0952. The molecule has 0 radical (unpaired) electrons. The van der Waals surface area contributed by atoms with Crippen LogP contribution in [0.1, 0.15) is 28.9 Å². The van der Waals surface area contributed by atoms with Gasteiger partial charge in [-0.1, -0.05) is 23.2 Å². The molecule has 1 amide bonds. The van der Waals surface area contributed by atoms with Crippen molar-refractivity contribution >= 4 is 40.0 Å². The second kappa shape index (κ2) is 4.18. The third-order valence-electron chi connectivity index (χ3n) is 3.15. The van der Waals surface area contributed by atoms with Gasteiger partial charge in [-0.3, -0.25) is 4.79 Å². The summed E-state index contributed by atoms with van der Waals surface area (Å²) in [7, 11) is 0. The van der Waals surface area contributed by atoms with E-state index in [0.29, 0.717) is 21.7 Å². The van der Waals surface area contributed by atoms with Crippen molar-refractivity contribution in [2.45, 2.75) is 25.8 Å². The number of amides is 1. The van der Waals surface area contributed by atoms with Gasteiger partial charge in [0.25, 0.3) is 5.91 Å². The molecule has 18 heavy (non-hydrogen) atoms. The van der Waals surface area contributed by atoms with Crippen molar-refractivity contribution in [1.29, 1.82) is 0 Å². The van der Waals surface area contributed by atoms with Crippen molar-refractivity contribution in [2.24, 2.45) is 0 Å². The van der Waals surface area contributed by atoms with Gasteiger partial charge in [0.1, 0.15) is 0 Å². The molecule has 2 N–H and O–H groups in total. The summed E-state index contributed by atoms with van der Waals surface area (Å²) in [6.45, 7) is 1.87. The van der Waals surface area contributed by atoms with E-state index in [1.165, 1.54) is 0 Å². The molecule has 2 aromatic rings.